The van der Waals surface area contributed by atoms with Gasteiger partial charge in [-0.3, -0.25) is 19.7 Å². The van der Waals surface area contributed by atoms with Crippen LogP contribution in [0.1, 0.15) is 12.5 Å². The Balaban J connectivity index is 1.95. The summed E-state index contributed by atoms with van der Waals surface area (Å²) in [6, 6.07) is 12.7. The number of methoxy groups -OCH3 is 1. The van der Waals surface area contributed by atoms with Crippen LogP contribution in [0.4, 0.5) is 11.4 Å². The first-order valence-corrected chi connectivity index (χ1v) is 8.38. The fraction of sp³-hybridized carbons (Fsp3) is 0.263. The molecule has 0 saturated heterocycles. The molecular weight excluding hydrogens is 350 g/mol. The van der Waals surface area contributed by atoms with Gasteiger partial charge in [-0.1, -0.05) is 18.2 Å². The molecule has 0 atom stereocenters. The van der Waals surface area contributed by atoms with Gasteiger partial charge in [0.05, 0.1) is 25.0 Å². The van der Waals surface area contributed by atoms with Gasteiger partial charge in [-0.05, 0) is 24.6 Å². The minimum atomic E-state index is -0.493. The highest BCUT2D eigenvalue weighted by molar-refractivity contribution is 5.94. The summed E-state index contributed by atoms with van der Waals surface area (Å²) in [6.45, 7) is 2.07. The normalized spacial score (nSPS) is 10.1. The van der Waals surface area contributed by atoms with Gasteiger partial charge >= 0.3 is 0 Å². The number of likely N-dealkylation sites (N-methyl/N-ethyl adjacent to an activating group) is 1. The summed E-state index contributed by atoms with van der Waals surface area (Å²) < 4.78 is 5.11. The standard InChI is InChI=1S/C19H21N3O5/c1-3-21(13-18(23)20-15-5-4-6-17(12-15)27-2)19(24)11-14-7-9-16(10-8-14)22(25)26/h4-10,12H,3,11,13H2,1-2H3,(H,20,23). The Kier molecular flexibility index (Phi) is 6.87. The molecule has 0 radical (unpaired) electrons. The number of hydrogen-bond acceptors (Lipinski definition) is 5. The molecular formula is C19H21N3O5. The Bertz CT molecular complexity index is 820. The maximum Gasteiger partial charge on any atom is 0.269 e. The van der Waals surface area contributed by atoms with Gasteiger partial charge in [0, 0.05) is 30.4 Å². The number of rotatable bonds is 8. The number of carbonyl (C=O) groups excluding carboxylic acids is 2. The second-order valence-electron chi connectivity index (χ2n) is 5.79. The van der Waals surface area contributed by atoms with Gasteiger partial charge in [0.2, 0.25) is 11.8 Å². The second-order valence-corrected chi connectivity index (χ2v) is 5.79. The van der Waals surface area contributed by atoms with Crippen LogP contribution in [0, 0.1) is 10.1 Å². The summed E-state index contributed by atoms with van der Waals surface area (Å²) in [4.78, 5) is 36.3. The van der Waals surface area contributed by atoms with Crippen molar-refractivity contribution >= 4 is 23.2 Å². The molecule has 2 aromatic rings. The molecule has 0 heterocycles. The van der Waals surface area contributed by atoms with Crippen molar-refractivity contribution in [1.29, 1.82) is 0 Å². The van der Waals surface area contributed by atoms with Crippen molar-refractivity contribution in [1.82, 2.24) is 4.90 Å². The van der Waals surface area contributed by atoms with E-state index in [1.807, 2.05) is 0 Å². The number of benzene rings is 2. The van der Waals surface area contributed by atoms with E-state index in [0.717, 1.165) is 0 Å². The van der Waals surface area contributed by atoms with Crippen molar-refractivity contribution in [3.63, 3.8) is 0 Å². The van der Waals surface area contributed by atoms with Crippen molar-refractivity contribution in [2.45, 2.75) is 13.3 Å². The average molecular weight is 371 g/mol. The fourth-order valence-corrected chi connectivity index (χ4v) is 2.47. The summed E-state index contributed by atoms with van der Waals surface area (Å²) >= 11 is 0. The van der Waals surface area contributed by atoms with Crippen molar-refractivity contribution in [2.75, 3.05) is 25.5 Å². The van der Waals surface area contributed by atoms with Crippen LogP contribution in [-0.2, 0) is 16.0 Å². The van der Waals surface area contributed by atoms with Gasteiger partial charge in [0.25, 0.3) is 5.69 Å². The van der Waals surface area contributed by atoms with Crippen LogP contribution < -0.4 is 10.1 Å². The van der Waals surface area contributed by atoms with Crippen molar-refractivity contribution in [3.8, 4) is 5.75 Å². The van der Waals surface area contributed by atoms with E-state index in [0.29, 0.717) is 23.5 Å². The molecule has 2 aromatic carbocycles. The number of carbonyl (C=O) groups is 2. The zero-order valence-electron chi connectivity index (χ0n) is 15.2. The smallest absolute Gasteiger partial charge is 0.269 e. The van der Waals surface area contributed by atoms with Gasteiger partial charge in [-0.2, -0.15) is 0 Å². The topological polar surface area (TPSA) is 102 Å². The summed E-state index contributed by atoms with van der Waals surface area (Å²) in [6.07, 6.45) is 0.0677. The molecule has 0 aromatic heterocycles. The summed E-state index contributed by atoms with van der Waals surface area (Å²) in [7, 11) is 1.54. The molecule has 27 heavy (non-hydrogen) atoms. The van der Waals surface area contributed by atoms with E-state index in [4.69, 9.17) is 4.74 Å². The Morgan fingerprint density at radius 3 is 2.48 bits per heavy atom. The molecule has 0 aliphatic carbocycles. The molecule has 0 aliphatic heterocycles. The van der Waals surface area contributed by atoms with Crippen LogP contribution in [0.5, 0.6) is 5.75 Å². The van der Waals surface area contributed by atoms with E-state index in [1.165, 1.54) is 24.1 Å². The lowest BCUT2D eigenvalue weighted by Gasteiger charge is -2.20. The number of anilines is 1. The highest BCUT2D eigenvalue weighted by Gasteiger charge is 2.17. The quantitative estimate of drug-likeness (QED) is 0.568. The second kappa shape index (κ2) is 9.33. The molecule has 142 valence electrons. The Morgan fingerprint density at radius 2 is 1.89 bits per heavy atom. The lowest BCUT2D eigenvalue weighted by atomic mass is 10.1. The first kappa shape index (κ1) is 19.9. The minimum Gasteiger partial charge on any atom is -0.497 e. The van der Waals surface area contributed by atoms with E-state index in [2.05, 4.69) is 5.32 Å². The third-order valence-electron chi connectivity index (χ3n) is 3.92. The molecule has 2 amide bonds. The Morgan fingerprint density at radius 1 is 1.19 bits per heavy atom. The highest BCUT2D eigenvalue weighted by Crippen LogP contribution is 2.17. The van der Waals surface area contributed by atoms with Crippen LogP contribution in [-0.4, -0.2) is 41.8 Å². The summed E-state index contributed by atoms with van der Waals surface area (Å²) in [5.74, 6) is 0.0729. The fourth-order valence-electron chi connectivity index (χ4n) is 2.47. The number of ether oxygens (including phenoxy) is 1. The van der Waals surface area contributed by atoms with Crippen LogP contribution in [0.2, 0.25) is 0 Å². The molecule has 0 unspecified atom stereocenters. The molecule has 0 bridgehead atoms. The maximum absolute atomic E-state index is 12.4. The number of amides is 2. The SMILES string of the molecule is CCN(CC(=O)Nc1cccc(OC)c1)C(=O)Cc1ccc([N+](=O)[O-])cc1. The van der Waals surface area contributed by atoms with Gasteiger partial charge in [-0.25, -0.2) is 0 Å². The average Bonchev–Trinajstić information content (AvgIpc) is 2.66. The van der Waals surface area contributed by atoms with E-state index < -0.39 is 4.92 Å². The molecule has 8 heteroatoms. The number of nitrogens with zero attached hydrogens (tertiary/aromatic N) is 2. The first-order valence-electron chi connectivity index (χ1n) is 8.38. The van der Waals surface area contributed by atoms with Crippen molar-refractivity contribution in [2.24, 2.45) is 0 Å². The largest absolute Gasteiger partial charge is 0.497 e. The Labute approximate surface area is 156 Å². The van der Waals surface area contributed by atoms with Gasteiger partial charge in [0.1, 0.15) is 5.75 Å². The third-order valence-corrected chi connectivity index (χ3v) is 3.92. The zero-order valence-corrected chi connectivity index (χ0v) is 15.2. The molecule has 0 spiro atoms. The summed E-state index contributed by atoms with van der Waals surface area (Å²) in [5, 5.41) is 13.4. The van der Waals surface area contributed by atoms with Gasteiger partial charge in [-0.15, -0.1) is 0 Å². The number of non-ortho nitro benzene ring substituents is 1. The number of nitro groups is 1. The molecule has 0 fully saturated rings. The highest BCUT2D eigenvalue weighted by atomic mass is 16.6. The number of hydrogen-bond donors (Lipinski definition) is 1. The maximum atomic E-state index is 12.4. The van der Waals surface area contributed by atoms with Crippen LogP contribution in [0.15, 0.2) is 48.5 Å². The van der Waals surface area contributed by atoms with E-state index in [-0.39, 0.29) is 30.5 Å². The first-order chi connectivity index (χ1) is 12.9. The monoisotopic (exact) mass is 371 g/mol. The molecule has 0 saturated carbocycles. The molecule has 1 N–H and O–H groups in total. The van der Waals surface area contributed by atoms with E-state index >= 15 is 0 Å². The van der Waals surface area contributed by atoms with Crippen molar-refractivity contribution in [3.05, 3.63) is 64.2 Å². The number of nitrogens with one attached hydrogen (secondary N) is 1. The van der Waals surface area contributed by atoms with Gasteiger partial charge in [0.15, 0.2) is 0 Å². The molecule has 2 rings (SSSR count). The zero-order chi connectivity index (χ0) is 19.8. The van der Waals surface area contributed by atoms with E-state index in [9.17, 15) is 19.7 Å². The lowest BCUT2D eigenvalue weighted by molar-refractivity contribution is -0.384. The van der Waals surface area contributed by atoms with Crippen LogP contribution >= 0.6 is 0 Å². The van der Waals surface area contributed by atoms with Crippen LogP contribution in [0.3, 0.4) is 0 Å². The molecule has 0 aliphatic rings. The van der Waals surface area contributed by atoms with Gasteiger partial charge < -0.3 is 15.0 Å². The van der Waals surface area contributed by atoms with Crippen LogP contribution in [0.25, 0.3) is 0 Å². The predicted octanol–water partition coefficient (Wildman–Crippen LogP) is 2.63. The summed E-state index contributed by atoms with van der Waals surface area (Å²) in [5.41, 5.74) is 1.20. The van der Waals surface area contributed by atoms with E-state index in [1.54, 1.807) is 43.3 Å². The minimum absolute atomic E-state index is 0.0313. The predicted molar refractivity (Wildman–Crippen MR) is 101 cm³/mol. The third kappa shape index (κ3) is 5.81. The Hall–Kier alpha value is -3.42. The lowest BCUT2D eigenvalue weighted by Crippen LogP contribution is -2.38. The van der Waals surface area contributed by atoms with Crippen molar-refractivity contribution < 1.29 is 19.2 Å². The number of nitro benzene ring substituents is 1. The molecule has 8 nitrogen and oxygen atoms in total.